The van der Waals surface area contributed by atoms with Gasteiger partial charge in [-0.15, -0.1) is 0 Å². The maximum Gasteiger partial charge on any atom is 0.229 e. The first-order valence-corrected chi connectivity index (χ1v) is 11.0. The molecule has 1 aliphatic heterocycles. The van der Waals surface area contributed by atoms with Gasteiger partial charge in [0.2, 0.25) is 5.91 Å². The Morgan fingerprint density at radius 3 is 2.55 bits per heavy atom. The van der Waals surface area contributed by atoms with E-state index >= 15 is 0 Å². The second kappa shape index (κ2) is 9.44. The predicted octanol–water partition coefficient (Wildman–Crippen LogP) is 4.31. The number of likely N-dealkylation sites (tertiary alicyclic amines) is 1. The van der Waals surface area contributed by atoms with Crippen molar-refractivity contribution in [2.24, 2.45) is 5.41 Å². The molecule has 4 rings (SSSR count). The van der Waals surface area contributed by atoms with E-state index in [2.05, 4.69) is 70.5 Å². The van der Waals surface area contributed by atoms with Gasteiger partial charge in [0, 0.05) is 45.1 Å². The molecule has 160 valence electrons. The number of amides is 1. The zero-order valence-electron chi connectivity index (χ0n) is 18.5. The van der Waals surface area contributed by atoms with Crippen LogP contribution in [0.3, 0.4) is 0 Å². The minimum atomic E-state index is -0.390. The molecule has 1 atom stereocenters. The molecule has 1 aliphatic rings. The van der Waals surface area contributed by atoms with Gasteiger partial charge in [-0.05, 0) is 48.6 Å². The van der Waals surface area contributed by atoms with Crippen molar-refractivity contribution >= 4 is 5.91 Å². The normalized spacial score (nSPS) is 18.8. The highest BCUT2D eigenvalue weighted by Gasteiger charge is 2.45. The number of hydrogen-bond donors (Lipinski definition) is 0. The van der Waals surface area contributed by atoms with E-state index in [9.17, 15) is 4.79 Å². The Kier molecular flexibility index (Phi) is 6.47. The molecule has 0 radical (unpaired) electrons. The zero-order valence-corrected chi connectivity index (χ0v) is 18.5. The van der Waals surface area contributed by atoms with E-state index in [1.54, 1.807) is 11.1 Å². The molecule has 4 nitrogen and oxygen atoms in total. The standard InChI is InChI=1S/C27H31N3O/c1-29(2)26(31)27(15-18-30(21-27)17-14-22-9-4-3-5-10-22)19-23-11-6-7-13-25(23)24-12-8-16-28-20-24/h3-13,16,20H,14-15,17-19,21H2,1-2H3. The van der Waals surface area contributed by atoms with Crippen molar-refractivity contribution in [3.63, 3.8) is 0 Å². The van der Waals surface area contributed by atoms with Gasteiger partial charge in [0.05, 0.1) is 5.41 Å². The largest absolute Gasteiger partial charge is 0.348 e. The van der Waals surface area contributed by atoms with Crippen LogP contribution in [0.2, 0.25) is 0 Å². The van der Waals surface area contributed by atoms with Crippen molar-refractivity contribution in [2.45, 2.75) is 19.3 Å². The fourth-order valence-electron chi connectivity index (χ4n) is 4.79. The molecule has 2 heterocycles. The van der Waals surface area contributed by atoms with Crippen LogP contribution in [-0.4, -0.2) is 54.4 Å². The molecule has 1 aromatic heterocycles. The maximum absolute atomic E-state index is 13.4. The minimum Gasteiger partial charge on any atom is -0.348 e. The van der Waals surface area contributed by atoms with Gasteiger partial charge in [-0.3, -0.25) is 9.78 Å². The Morgan fingerprint density at radius 1 is 1.03 bits per heavy atom. The SMILES string of the molecule is CN(C)C(=O)C1(Cc2ccccc2-c2cccnc2)CCN(CCc2ccccc2)C1. The van der Waals surface area contributed by atoms with E-state index < -0.39 is 5.41 Å². The van der Waals surface area contributed by atoms with Crippen molar-refractivity contribution in [3.8, 4) is 11.1 Å². The van der Waals surface area contributed by atoms with Crippen molar-refractivity contribution in [3.05, 3.63) is 90.3 Å². The first kappa shape index (κ1) is 21.3. The summed E-state index contributed by atoms with van der Waals surface area (Å²) in [7, 11) is 3.76. The molecule has 0 saturated carbocycles. The lowest BCUT2D eigenvalue weighted by Crippen LogP contribution is -2.44. The van der Waals surface area contributed by atoms with Crippen LogP contribution in [0.4, 0.5) is 0 Å². The fraction of sp³-hybridized carbons (Fsp3) is 0.333. The summed E-state index contributed by atoms with van der Waals surface area (Å²) in [5.41, 5.74) is 4.45. The molecule has 1 saturated heterocycles. The minimum absolute atomic E-state index is 0.232. The highest BCUT2D eigenvalue weighted by molar-refractivity contribution is 5.84. The fourth-order valence-corrected chi connectivity index (χ4v) is 4.79. The summed E-state index contributed by atoms with van der Waals surface area (Å²) in [6, 6.07) is 23.1. The topological polar surface area (TPSA) is 36.4 Å². The molecule has 31 heavy (non-hydrogen) atoms. The quantitative estimate of drug-likeness (QED) is 0.579. The van der Waals surface area contributed by atoms with Gasteiger partial charge in [-0.1, -0.05) is 60.7 Å². The van der Waals surface area contributed by atoms with Crippen LogP contribution in [0.15, 0.2) is 79.1 Å². The lowest BCUT2D eigenvalue weighted by atomic mass is 9.78. The lowest BCUT2D eigenvalue weighted by molar-refractivity contribution is -0.138. The molecule has 2 aromatic carbocycles. The molecule has 1 unspecified atom stereocenters. The highest BCUT2D eigenvalue weighted by atomic mass is 16.2. The van der Waals surface area contributed by atoms with Crippen LogP contribution in [0.25, 0.3) is 11.1 Å². The summed E-state index contributed by atoms with van der Waals surface area (Å²) in [6.07, 6.45) is 6.35. The first-order valence-electron chi connectivity index (χ1n) is 11.0. The van der Waals surface area contributed by atoms with Gasteiger partial charge in [-0.2, -0.15) is 0 Å². The van der Waals surface area contributed by atoms with E-state index in [0.717, 1.165) is 44.5 Å². The summed E-state index contributed by atoms with van der Waals surface area (Å²) in [5, 5.41) is 0. The third kappa shape index (κ3) is 4.86. The molecular weight excluding hydrogens is 382 g/mol. The third-order valence-corrected chi connectivity index (χ3v) is 6.37. The summed E-state index contributed by atoms with van der Waals surface area (Å²) >= 11 is 0. The number of carbonyl (C=O) groups excluding carboxylic acids is 1. The molecular formula is C27H31N3O. The van der Waals surface area contributed by atoms with Crippen LogP contribution in [0, 0.1) is 5.41 Å². The highest BCUT2D eigenvalue weighted by Crippen LogP contribution is 2.38. The summed E-state index contributed by atoms with van der Waals surface area (Å²) in [5.74, 6) is 0.232. The average molecular weight is 414 g/mol. The van der Waals surface area contributed by atoms with Crippen LogP contribution in [0.1, 0.15) is 17.5 Å². The van der Waals surface area contributed by atoms with Crippen LogP contribution in [-0.2, 0) is 17.6 Å². The van der Waals surface area contributed by atoms with Crippen molar-refractivity contribution in [1.29, 1.82) is 0 Å². The average Bonchev–Trinajstić information content (AvgIpc) is 3.22. The van der Waals surface area contributed by atoms with Crippen molar-refractivity contribution < 1.29 is 4.79 Å². The molecule has 1 fully saturated rings. The van der Waals surface area contributed by atoms with Crippen LogP contribution < -0.4 is 0 Å². The smallest absolute Gasteiger partial charge is 0.229 e. The van der Waals surface area contributed by atoms with Gasteiger partial charge in [0.1, 0.15) is 0 Å². The zero-order chi connectivity index (χ0) is 21.7. The molecule has 1 amide bonds. The van der Waals surface area contributed by atoms with Crippen LogP contribution >= 0.6 is 0 Å². The Hall–Kier alpha value is -2.98. The second-order valence-electron chi connectivity index (χ2n) is 8.82. The molecule has 0 bridgehead atoms. The lowest BCUT2D eigenvalue weighted by Gasteiger charge is -2.32. The summed E-state index contributed by atoms with van der Waals surface area (Å²) in [4.78, 5) is 22.0. The number of rotatable bonds is 7. The van der Waals surface area contributed by atoms with Gasteiger partial charge in [0.25, 0.3) is 0 Å². The Bertz CT molecular complexity index is 1000. The van der Waals surface area contributed by atoms with Gasteiger partial charge >= 0.3 is 0 Å². The van der Waals surface area contributed by atoms with Gasteiger partial charge in [0.15, 0.2) is 0 Å². The van der Waals surface area contributed by atoms with Gasteiger partial charge < -0.3 is 9.80 Å². The first-order chi connectivity index (χ1) is 15.1. The summed E-state index contributed by atoms with van der Waals surface area (Å²) < 4.78 is 0. The van der Waals surface area contributed by atoms with Crippen molar-refractivity contribution in [1.82, 2.24) is 14.8 Å². The predicted molar refractivity (Wildman–Crippen MR) is 126 cm³/mol. The van der Waals surface area contributed by atoms with Crippen molar-refractivity contribution in [2.75, 3.05) is 33.7 Å². The Balaban J connectivity index is 1.57. The Morgan fingerprint density at radius 2 is 1.81 bits per heavy atom. The molecule has 0 N–H and O–H groups in total. The van der Waals surface area contributed by atoms with Crippen LogP contribution in [0.5, 0.6) is 0 Å². The Labute approximate surface area is 185 Å². The number of benzene rings is 2. The molecule has 4 heteroatoms. The number of pyridine rings is 1. The monoisotopic (exact) mass is 413 g/mol. The number of carbonyl (C=O) groups is 1. The van der Waals surface area contributed by atoms with E-state index in [1.807, 2.05) is 26.4 Å². The second-order valence-corrected chi connectivity index (χ2v) is 8.82. The van der Waals surface area contributed by atoms with E-state index in [4.69, 9.17) is 0 Å². The molecule has 3 aromatic rings. The number of hydrogen-bond acceptors (Lipinski definition) is 3. The third-order valence-electron chi connectivity index (χ3n) is 6.37. The molecule has 0 aliphatic carbocycles. The van der Waals surface area contributed by atoms with E-state index in [-0.39, 0.29) is 5.91 Å². The van der Waals surface area contributed by atoms with Gasteiger partial charge in [-0.25, -0.2) is 0 Å². The summed E-state index contributed by atoms with van der Waals surface area (Å²) in [6.45, 7) is 2.75. The molecule has 0 spiro atoms. The maximum atomic E-state index is 13.4. The van der Waals surface area contributed by atoms with E-state index in [0.29, 0.717) is 0 Å². The number of nitrogens with zero attached hydrogens (tertiary/aromatic N) is 3. The van der Waals surface area contributed by atoms with E-state index in [1.165, 1.54) is 16.7 Å². The number of aromatic nitrogens is 1.